The molecule has 34 heavy (non-hydrogen) atoms. The molecule has 2 atom stereocenters. The summed E-state index contributed by atoms with van der Waals surface area (Å²) in [5.41, 5.74) is 0.561. The molecule has 1 aliphatic rings. The van der Waals surface area contributed by atoms with E-state index in [0.29, 0.717) is 16.3 Å². The Bertz CT molecular complexity index is 1180. The van der Waals surface area contributed by atoms with Gasteiger partial charge in [-0.25, -0.2) is 17.1 Å². The topological polar surface area (TPSA) is 104 Å². The molecule has 10 heteroatoms. The van der Waals surface area contributed by atoms with Gasteiger partial charge in [0.1, 0.15) is 23.3 Å². The fourth-order valence-electron chi connectivity index (χ4n) is 3.75. The maximum Gasteiger partial charge on any atom is 0.269 e. The van der Waals surface area contributed by atoms with Crippen molar-refractivity contribution in [3.05, 3.63) is 65.5 Å². The number of fused-ring (bicyclic) bond motifs is 1. The van der Waals surface area contributed by atoms with Crippen LogP contribution in [-0.2, 0) is 26.2 Å². The second kappa shape index (κ2) is 10.3. The smallest absolute Gasteiger partial charge is 0.269 e. The highest BCUT2D eigenvalue weighted by atomic mass is 32.2. The summed E-state index contributed by atoms with van der Waals surface area (Å²) in [5.74, 6) is -2.33. The summed E-state index contributed by atoms with van der Waals surface area (Å²) in [5, 5.41) is 2.85. The predicted molar refractivity (Wildman–Crippen MR) is 124 cm³/mol. The molecular weight excluding hydrogens is 461 g/mol. The zero-order valence-corrected chi connectivity index (χ0v) is 20.1. The Morgan fingerprint density at radius 2 is 1.71 bits per heavy atom. The Morgan fingerprint density at radius 1 is 1.06 bits per heavy atom. The number of nitrogens with one attached hydrogen (secondary N) is 1. The zero-order valence-electron chi connectivity index (χ0n) is 19.3. The summed E-state index contributed by atoms with van der Waals surface area (Å²) >= 11 is 0. The van der Waals surface area contributed by atoms with E-state index in [1.54, 1.807) is 13.0 Å². The zero-order chi connectivity index (χ0) is 25.0. The molecule has 182 valence electrons. The van der Waals surface area contributed by atoms with Crippen molar-refractivity contribution in [3.63, 3.8) is 0 Å². The van der Waals surface area contributed by atoms with Gasteiger partial charge in [-0.05, 0) is 49.6 Å². The molecule has 0 fully saturated rings. The van der Waals surface area contributed by atoms with Crippen LogP contribution in [0, 0.1) is 5.82 Å². The molecule has 0 saturated heterocycles. The Kier molecular flexibility index (Phi) is 7.71. The monoisotopic (exact) mass is 489 g/mol. The Labute approximate surface area is 198 Å². The molecule has 0 spiro atoms. The van der Waals surface area contributed by atoms with E-state index in [1.807, 2.05) is 13.8 Å². The minimum Gasteiger partial charge on any atom is -0.352 e. The second-order valence-corrected chi connectivity index (χ2v) is 10.0. The molecule has 2 aromatic carbocycles. The molecule has 8 nitrogen and oxygen atoms in total. The molecular formula is C24H28FN3O5S. The summed E-state index contributed by atoms with van der Waals surface area (Å²) in [6.07, 6.45) is 0.947. The minimum absolute atomic E-state index is 0.00180. The van der Waals surface area contributed by atoms with Gasteiger partial charge in [0.05, 0.1) is 5.56 Å². The first-order valence-electron chi connectivity index (χ1n) is 11.1. The normalized spacial score (nSPS) is 16.0. The van der Waals surface area contributed by atoms with E-state index in [-0.39, 0.29) is 35.4 Å². The van der Waals surface area contributed by atoms with Gasteiger partial charge in [0.15, 0.2) is 0 Å². The number of hydrogen-bond donors (Lipinski definition) is 1. The van der Waals surface area contributed by atoms with Gasteiger partial charge in [0.2, 0.25) is 11.8 Å². The van der Waals surface area contributed by atoms with Crippen LogP contribution in [0.5, 0.6) is 0 Å². The number of carbonyl (C=O) groups is 3. The number of benzene rings is 2. The lowest BCUT2D eigenvalue weighted by molar-refractivity contribution is -0.141. The van der Waals surface area contributed by atoms with Gasteiger partial charge in [-0.1, -0.05) is 38.1 Å². The van der Waals surface area contributed by atoms with Gasteiger partial charge in [0.25, 0.3) is 15.9 Å². The van der Waals surface area contributed by atoms with Crippen molar-refractivity contribution in [2.45, 2.75) is 57.1 Å². The molecule has 0 saturated carbocycles. The molecule has 0 aromatic heterocycles. The summed E-state index contributed by atoms with van der Waals surface area (Å²) in [7, 11) is -4.19. The van der Waals surface area contributed by atoms with Crippen LogP contribution in [0.1, 0.15) is 49.5 Å². The number of nitrogens with zero attached hydrogens (tertiary/aromatic N) is 2. The van der Waals surface area contributed by atoms with Gasteiger partial charge in [-0.15, -0.1) is 0 Å². The molecule has 3 amide bonds. The highest BCUT2D eigenvalue weighted by molar-refractivity contribution is 7.90. The molecule has 0 aliphatic carbocycles. The predicted octanol–water partition coefficient (Wildman–Crippen LogP) is 2.69. The Balaban J connectivity index is 1.92. The lowest BCUT2D eigenvalue weighted by Gasteiger charge is -2.32. The SMILES string of the molecule is CC[C@H](C)NC(=O)[C@H](CC)N(Cc1ccc(F)cc1)C(=O)CN1C(=O)c2ccccc2S1(=O)=O. The maximum absolute atomic E-state index is 13.4. The van der Waals surface area contributed by atoms with Crippen LogP contribution in [0.3, 0.4) is 0 Å². The molecule has 0 bridgehead atoms. The quantitative estimate of drug-likeness (QED) is 0.583. The first kappa shape index (κ1) is 25.4. The van der Waals surface area contributed by atoms with Crippen molar-refractivity contribution in [2.24, 2.45) is 0 Å². The Morgan fingerprint density at radius 3 is 2.29 bits per heavy atom. The number of hydrogen-bond acceptors (Lipinski definition) is 5. The third kappa shape index (κ3) is 5.11. The highest BCUT2D eigenvalue weighted by Crippen LogP contribution is 2.30. The molecule has 2 aromatic rings. The molecule has 1 N–H and O–H groups in total. The largest absolute Gasteiger partial charge is 0.352 e. The van der Waals surface area contributed by atoms with E-state index < -0.39 is 40.2 Å². The molecule has 3 rings (SSSR count). The van der Waals surface area contributed by atoms with E-state index in [1.165, 1.54) is 47.4 Å². The van der Waals surface area contributed by atoms with Gasteiger partial charge < -0.3 is 10.2 Å². The van der Waals surface area contributed by atoms with Crippen molar-refractivity contribution in [1.29, 1.82) is 0 Å². The molecule has 1 aliphatic heterocycles. The van der Waals surface area contributed by atoms with Crippen LogP contribution in [0.2, 0.25) is 0 Å². The fourth-order valence-corrected chi connectivity index (χ4v) is 5.27. The first-order chi connectivity index (χ1) is 16.1. The van der Waals surface area contributed by atoms with Crippen molar-refractivity contribution < 1.29 is 27.2 Å². The number of sulfonamides is 1. The maximum atomic E-state index is 13.4. The van der Waals surface area contributed by atoms with Crippen LogP contribution in [0.25, 0.3) is 0 Å². The summed E-state index contributed by atoms with van der Waals surface area (Å²) in [6, 6.07) is 10.2. The first-order valence-corrected chi connectivity index (χ1v) is 12.5. The summed E-state index contributed by atoms with van der Waals surface area (Å²) < 4.78 is 39.8. The number of carbonyl (C=O) groups excluding carboxylic acids is 3. The second-order valence-electron chi connectivity index (χ2n) is 8.20. The van der Waals surface area contributed by atoms with E-state index in [9.17, 15) is 27.2 Å². The third-order valence-corrected chi connectivity index (χ3v) is 7.63. The molecule has 0 radical (unpaired) electrons. The number of amides is 3. The third-order valence-electron chi connectivity index (χ3n) is 5.84. The van der Waals surface area contributed by atoms with Crippen LogP contribution in [-0.4, -0.2) is 54.0 Å². The molecule has 0 unspecified atom stereocenters. The molecule has 1 heterocycles. The number of rotatable bonds is 9. The van der Waals surface area contributed by atoms with Crippen molar-refractivity contribution in [1.82, 2.24) is 14.5 Å². The fraction of sp³-hybridized carbons (Fsp3) is 0.375. The average molecular weight is 490 g/mol. The van der Waals surface area contributed by atoms with E-state index in [2.05, 4.69) is 5.32 Å². The summed E-state index contributed by atoms with van der Waals surface area (Å²) in [4.78, 5) is 40.3. The van der Waals surface area contributed by atoms with Crippen molar-refractivity contribution >= 4 is 27.7 Å². The van der Waals surface area contributed by atoms with Gasteiger partial charge in [-0.2, -0.15) is 0 Å². The van der Waals surface area contributed by atoms with Crippen LogP contribution in [0.4, 0.5) is 4.39 Å². The minimum atomic E-state index is -4.19. The lowest BCUT2D eigenvalue weighted by atomic mass is 10.1. The standard InChI is InChI=1S/C24H28FN3O5S/c1-4-16(3)26-23(30)20(5-2)27(14-17-10-12-18(25)13-11-17)22(29)15-28-24(31)19-8-6-7-9-21(19)34(28,32)33/h6-13,16,20H,4-5,14-15H2,1-3H3,(H,26,30)/t16-,20-/m0/s1. The highest BCUT2D eigenvalue weighted by Gasteiger charge is 2.43. The van der Waals surface area contributed by atoms with Crippen LogP contribution < -0.4 is 5.32 Å². The van der Waals surface area contributed by atoms with E-state index >= 15 is 0 Å². The van der Waals surface area contributed by atoms with Crippen LogP contribution in [0.15, 0.2) is 53.4 Å². The van der Waals surface area contributed by atoms with E-state index in [4.69, 9.17) is 0 Å². The van der Waals surface area contributed by atoms with Crippen molar-refractivity contribution in [3.8, 4) is 0 Å². The lowest BCUT2D eigenvalue weighted by Crippen LogP contribution is -2.53. The van der Waals surface area contributed by atoms with Crippen molar-refractivity contribution in [2.75, 3.05) is 6.54 Å². The van der Waals surface area contributed by atoms with Crippen LogP contribution >= 0.6 is 0 Å². The Hall–Kier alpha value is -3.27. The van der Waals surface area contributed by atoms with Gasteiger partial charge >= 0.3 is 0 Å². The van der Waals surface area contributed by atoms with Gasteiger partial charge in [0, 0.05) is 12.6 Å². The van der Waals surface area contributed by atoms with E-state index in [0.717, 1.165) is 0 Å². The number of halogens is 1. The summed E-state index contributed by atoms with van der Waals surface area (Å²) in [6.45, 7) is 4.68. The van der Waals surface area contributed by atoms with Gasteiger partial charge in [-0.3, -0.25) is 14.4 Å². The average Bonchev–Trinajstić information content (AvgIpc) is 3.00.